The molecule has 0 aliphatic rings. The van der Waals surface area contributed by atoms with E-state index < -0.39 is 12.1 Å². The average molecular weight is 261 g/mol. The van der Waals surface area contributed by atoms with Crippen LogP contribution in [-0.4, -0.2) is 18.0 Å². The number of benzene rings is 1. The second kappa shape index (κ2) is 7.36. The van der Waals surface area contributed by atoms with Crippen LogP contribution in [0.1, 0.15) is 26.3 Å². The molecule has 4 nitrogen and oxygen atoms in total. The maximum Gasteiger partial charge on any atom is 0.331 e. The Kier molecular flexibility index (Phi) is 5.79. The Bertz CT molecular complexity index is 463. The van der Waals surface area contributed by atoms with Crippen LogP contribution in [0.3, 0.4) is 0 Å². The van der Waals surface area contributed by atoms with Gasteiger partial charge in [0.05, 0.1) is 0 Å². The van der Waals surface area contributed by atoms with E-state index in [1.54, 1.807) is 13.0 Å². The third-order valence-corrected chi connectivity index (χ3v) is 2.59. The average Bonchev–Trinajstić information content (AvgIpc) is 2.39. The van der Waals surface area contributed by atoms with Crippen molar-refractivity contribution in [1.82, 2.24) is 0 Å². The first kappa shape index (κ1) is 15.0. The third-order valence-electron chi connectivity index (χ3n) is 2.59. The summed E-state index contributed by atoms with van der Waals surface area (Å²) in [4.78, 5) is 23.0. The smallest absolute Gasteiger partial charge is 0.331 e. The lowest BCUT2D eigenvalue weighted by Gasteiger charge is -2.12. The number of hydrogen-bond donors (Lipinski definition) is 1. The minimum atomic E-state index is -0.824. The third kappa shape index (κ3) is 4.95. The van der Waals surface area contributed by atoms with Gasteiger partial charge in [-0.25, -0.2) is 4.79 Å². The molecule has 1 atom stereocenters. The topological polar surface area (TPSA) is 55.4 Å². The van der Waals surface area contributed by atoms with Crippen LogP contribution in [0, 0.1) is 0 Å². The van der Waals surface area contributed by atoms with Crippen molar-refractivity contribution < 1.29 is 14.3 Å². The lowest BCUT2D eigenvalue weighted by atomic mass is 10.1. The van der Waals surface area contributed by atoms with E-state index in [-0.39, 0.29) is 5.91 Å². The van der Waals surface area contributed by atoms with Crippen LogP contribution >= 0.6 is 0 Å². The Morgan fingerprint density at radius 1 is 1.32 bits per heavy atom. The molecule has 19 heavy (non-hydrogen) atoms. The summed E-state index contributed by atoms with van der Waals surface area (Å²) in [5.74, 6) is -0.867. The molecule has 1 aromatic carbocycles. The van der Waals surface area contributed by atoms with Crippen molar-refractivity contribution in [2.75, 3.05) is 5.32 Å². The zero-order chi connectivity index (χ0) is 14.3. The largest absolute Gasteiger partial charge is 0.449 e. The first-order valence-electron chi connectivity index (χ1n) is 6.30. The first-order chi connectivity index (χ1) is 9.06. The summed E-state index contributed by atoms with van der Waals surface area (Å²) >= 11 is 0. The van der Waals surface area contributed by atoms with Crippen molar-refractivity contribution in [1.29, 1.82) is 0 Å². The van der Waals surface area contributed by atoms with Crippen LogP contribution in [-0.2, 0) is 20.7 Å². The fourth-order valence-corrected chi connectivity index (χ4v) is 1.47. The molecule has 0 spiro atoms. The van der Waals surface area contributed by atoms with E-state index >= 15 is 0 Å². The highest BCUT2D eigenvalue weighted by Gasteiger charge is 2.16. The number of carbonyl (C=O) groups is 2. The molecule has 0 aromatic heterocycles. The van der Waals surface area contributed by atoms with Gasteiger partial charge in [0, 0.05) is 11.8 Å². The van der Waals surface area contributed by atoms with Crippen molar-refractivity contribution in [2.45, 2.75) is 33.3 Å². The fourth-order valence-electron chi connectivity index (χ4n) is 1.47. The molecule has 1 N–H and O–H groups in total. The number of allylic oxidation sites excluding steroid dienone is 1. The molecule has 0 bridgehead atoms. The lowest BCUT2D eigenvalue weighted by Crippen LogP contribution is -2.29. The summed E-state index contributed by atoms with van der Waals surface area (Å²) in [5, 5.41) is 2.70. The maximum absolute atomic E-state index is 11.8. The Hall–Kier alpha value is -2.10. The van der Waals surface area contributed by atoms with Gasteiger partial charge in [-0.15, -0.1) is 0 Å². The second-order valence-electron chi connectivity index (χ2n) is 4.12. The standard InChI is InChI=1S/C15H19NO3/c1-4-6-14(17)19-11(3)15(18)16-13-9-7-12(5-2)8-10-13/h4,6-11H,5H2,1-3H3,(H,16,18)/b6-4+/t11-/m0/s1. The molecule has 102 valence electrons. The molecular formula is C15H19NO3. The van der Waals surface area contributed by atoms with Gasteiger partial charge in [-0.3, -0.25) is 4.79 Å². The van der Waals surface area contributed by atoms with Gasteiger partial charge in [-0.05, 0) is 38.0 Å². The predicted octanol–water partition coefficient (Wildman–Crippen LogP) is 2.70. The van der Waals surface area contributed by atoms with E-state index in [1.807, 2.05) is 24.3 Å². The number of nitrogens with one attached hydrogen (secondary N) is 1. The Labute approximate surface area is 113 Å². The molecule has 1 aromatic rings. The number of carbonyl (C=O) groups excluding carboxylic acids is 2. The quantitative estimate of drug-likeness (QED) is 0.655. The number of amides is 1. The normalized spacial score (nSPS) is 12.2. The number of aryl methyl sites for hydroxylation is 1. The van der Waals surface area contributed by atoms with E-state index in [0.717, 1.165) is 6.42 Å². The van der Waals surface area contributed by atoms with Crippen molar-refractivity contribution in [3.63, 3.8) is 0 Å². The van der Waals surface area contributed by atoms with E-state index in [0.29, 0.717) is 5.69 Å². The van der Waals surface area contributed by atoms with Crippen molar-refractivity contribution in [3.8, 4) is 0 Å². The minimum Gasteiger partial charge on any atom is -0.449 e. The summed E-state index contributed by atoms with van der Waals surface area (Å²) < 4.78 is 4.93. The summed E-state index contributed by atoms with van der Waals surface area (Å²) in [6, 6.07) is 7.56. The van der Waals surface area contributed by atoms with Gasteiger partial charge < -0.3 is 10.1 Å². The van der Waals surface area contributed by atoms with Gasteiger partial charge in [0.15, 0.2) is 6.10 Å². The number of anilines is 1. The van der Waals surface area contributed by atoms with Crippen LogP contribution in [0.4, 0.5) is 5.69 Å². The number of esters is 1. The zero-order valence-electron chi connectivity index (χ0n) is 11.5. The molecule has 0 heterocycles. The summed E-state index contributed by atoms with van der Waals surface area (Å²) in [6.45, 7) is 5.31. The Morgan fingerprint density at radius 2 is 1.95 bits per heavy atom. The van der Waals surface area contributed by atoms with Gasteiger partial charge in [0.1, 0.15) is 0 Å². The maximum atomic E-state index is 11.8. The molecule has 1 rings (SSSR count). The highest BCUT2D eigenvalue weighted by atomic mass is 16.5. The highest BCUT2D eigenvalue weighted by molar-refractivity contribution is 5.95. The molecule has 0 saturated heterocycles. The fraction of sp³-hybridized carbons (Fsp3) is 0.333. The number of ether oxygens (including phenoxy) is 1. The van der Waals surface area contributed by atoms with Gasteiger partial charge >= 0.3 is 5.97 Å². The van der Waals surface area contributed by atoms with Gasteiger partial charge in [0.2, 0.25) is 0 Å². The molecular weight excluding hydrogens is 242 g/mol. The second-order valence-corrected chi connectivity index (χ2v) is 4.12. The molecule has 0 fully saturated rings. The van der Waals surface area contributed by atoms with E-state index in [1.165, 1.54) is 18.6 Å². The molecule has 0 saturated carbocycles. The van der Waals surface area contributed by atoms with E-state index in [2.05, 4.69) is 12.2 Å². The van der Waals surface area contributed by atoms with Crippen LogP contribution in [0.2, 0.25) is 0 Å². The molecule has 0 aliphatic heterocycles. The number of rotatable bonds is 5. The molecule has 0 unspecified atom stereocenters. The van der Waals surface area contributed by atoms with Gasteiger partial charge in [0.25, 0.3) is 5.91 Å². The van der Waals surface area contributed by atoms with E-state index in [9.17, 15) is 9.59 Å². The van der Waals surface area contributed by atoms with Crippen LogP contribution in [0.25, 0.3) is 0 Å². The summed E-state index contributed by atoms with van der Waals surface area (Å²) in [5.41, 5.74) is 1.89. The summed E-state index contributed by atoms with van der Waals surface area (Å²) in [7, 11) is 0. The SMILES string of the molecule is C/C=C/C(=O)O[C@@H](C)C(=O)Nc1ccc(CC)cc1. The minimum absolute atomic E-state index is 0.345. The molecule has 0 aliphatic carbocycles. The van der Waals surface area contributed by atoms with Crippen molar-refractivity contribution in [3.05, 3.63) is 42.0 Å². The zero-order valence-corrected chi connectivity index (χ0v) is 11.5. The molecule has 1 amide bonds. The van der Waals surface area contributed by atoms with E-state index in [4.69, 9.17) is 4.74 Å². The van der Waals surface area contributed by atoms with Gasteiger partial charge in [-0.2, -0.15) is 0 Å². The van der Waals surface area contributed by atoms with Crippen LogP contribution in [0.15, 0.2) is 36.4 Å². The first-order valence-corrected chi connectivity index (χ1v) is 6.30. The Morgan fingerprint density at radius 3 is 2.47 bits per heavy atom. The van der Waals surface area contributed by atoms with Crippen LogP contribution < -0.4 is 5.32 Å². The lowest BCUT2D eigenvalue weighted by molar-refractivity contribution is -0.148. The monoisotopic (exact) mass is 261 g/mol. The predicted molar refractivity (Wildman–Crippen MR) is 74.8 cm³/mol. The number of hydrogen-bond acceptors (Lipinski definition) is 3. The van der Waals surface area contributed by atoms with Gasteiger partial charge in [-0.1, -0.05) is 25.1 Å². The Balaban J connectivity index is 2.55. The van der Waals surface area contributed by atoms with Crippen LogP contribution in [0.5, 0.6) is 0 Å². The van der Waals surface area contributed by atoms with Crippen molar-refractivity contribution >= 4 is 17.6 Å². The van der Waals surface area contributed by atoms with Crippen molar-refractivity contribution in [2.24, 2.45) is 0 Å². The molecule has 0 radical (unpaired) electrons. The summed E-state index contributed by atoms with van der Waals surface area (Å²) in [6.07, 6.45) is 2.97. The highest BCUT2D eigenvalue weighted by Crippen LogP contribution is 2.10. The molecule has 4 heteroatoms.